The van der Waals surface area contributed by atoms with E-state index in [0.29, 0.717) is 11.3 Å². The molecule has 0 saturated heterocycles. The van der Waals surface area contributed by atoms with Gasteiger partial charge in [0.2, 0.25) is 5.88 Å². The minimum Gasteiger partial charge on any atom is -0.437 e. The van der Waals surface area contributed by atoms with E-state index < -0.39 is 0 Å². The molecule has 0 aliphatic carbocycles. The van der Waals surface area contributed by atoms with Crippen molar-refractivity contribution in [3.63, 3.8) is 0 Å². The number of rotatable bonds is 2. The van der Waals surface area contributed by atoms with Crippen LogP contribution in [0, 0.1) is 0 Å². The third kappa shape index (κ3) is 2.20. The van der Waals surface area contributed by atoms with Crippen LogP contribution in [0.4, 0.5) is 0 Å². The summed E-state index contributed by atoms with van der Waals surface area (Å²) < 4.78 is 11.2. The summed E-state index contributed by atoms with van der Waals surface area (Å²) in [4.78, 5) is 18.5. The van der Waals surface area contributed by atoms with Gasteiger partial charge in [0.15, 0.2) is 10.7 Å². The summed E-state index contributed by atoms with van der Waals surface area (Å²) in [7, 11) is 0. The molecule has 18 heavy (non-hydrogen) atoms. The van der Waals surface area contributed by atoms with Gasteiger partial charge in [-0.15, -0.1) is 0 Å². The first-order valence-corrected chi connectivity index (χ1v) is 6.09. The van der Waals surface area contributed by atoms with Crippen molar-refractivity contribution in [2.75, 3.05) is 0 Å². The van der Waals surface area contributed by atoms with Crippen molar-refractivity contribution in [3.8, 4) is 11.6 Å². The molecule has 0 aliphatic rings. The summed E-state index contributed by atoms with van der Waals surface area (Å²) in [6.45, 7) is 0. The number of ether oxygens (including phenoxy) is 1. The molecule has 5 nitrogen and oxygen atoms in total. The highest BCUT2D eigenvalue weighted by atomic mass is 35.5. The van der Waals surface area contributed by atoms with Gasteiger partial charge in [-0.1, -0.05) is 22.9 Å². The van der Waals surface area contributed by atoms with Gasteiger partial charge in [0.1, 0.15) is 5.75 Å². The Morgan fingerprint density at radius 2 is 2.22 bits per heavy atom. The number of benzene rings is 1. The predicted octanol–water partition coefficient (Wildman–Crippen LogP) is 3.09. The first kappa shape index (κ1) is 11.2. The second-order valence-corrected chi connectivity index (χ2v) is 4.71. The standard InChI is InChI=1S/C11H5ClN2O3S/c12-9-4-13-5-10(14-9)16-6-1-2-8-7(3-6)17-11(15)18-8/h1-5H. The molecule has 0 bridgehead atoms. The zero-order valence-corrected chi connectivity index (χ0v) is 10.4. The van der Waals surface area contributed by atoms with Crippen molar-refractivity contribution < 1.29 is 9.15 Å². The van der Waals surface area contributed by atoms with Crippen molar-refractivity contribution in [2.24, 2.45) is 0 Å². The van der Waals surface area contributed by atoms with Crippen molar-refractivity contribution in [1.82, 2.24) is 9.97 Å². The Morgan fingerprint density at radius 1 is 1.33 bits per heavy atom. The molecule has 1 aromatic carbocycles. The minimum absolute atomic E-state index is 0.246. The van der Waals surface area contributed by atoms with Crippen LogP contribution in [0.3, 0.4) is 0 Å². The number of hydrogen-bond donors (Lipinski definition) is 0. The zero-order chi connectivity index (χ0) is 12.5. The van der Waals surface area contributed by atoms with E-state index in [1.807, 2.05) is 0 Å². The molecule has 0 fully saturated rings. The Hall–Kier alpha value is -1.92. The molecule has 0 saturated carbocycles. The average molecular weight is 281 g/mol. The van der Waals surface area contributed by atoms with Crippen LogP contribution >= 0.6 is 22.9 Å². The summed E-state index contributed by atoms with van der Waals surface area (Å²) in [5, 5.41) is 0.246. The van der Waals surface area contributed by atoms with Crippen LogP contribution in [0.15, 0.2) is 39.8 Å². The summed E-state index contributed by atoms with van der Waals surface area (Å²) in [6, 6.07) is 5.09. The van der Waals surface area contributed by atoms with Gasteiger partial charge in [0.25, 0.3) is 0 Å². The smallest absolute Gasteiger partial charge is 0.396 e. The fourth-order valence-corrected chi connectivity index (χ4v) is 2.20. The number of hydrogen-bond acceptors (Lipinski definition) is 6. The van der Waals surface area contributed by atoms with Crippen molar-refractivity contribution >= 4 is 33.2 Å². The average Bonchev–Trinajstić information content (AvgIpc) is 2.68. The molecule has 0 spiro atoms. The summed E-state index contributed by atoms with van der Waals surface area (Å²) in [6.07, 6.45) is 2.86. The molecule has 7 heteroatoms. The largest absolute Gasteiger partial charge is 0.437 e. The fourth-order valence-electron chi connectivity index (χ4n) is 1.41. The summed E-state index contributed by atoms with van der Waals surface area (Å²) in [5.74, 6) is 0.778. The van der Waals surface area contributed by atoms with Gasteiger partial charge in [0, 0.05) is 6.07 Å². The predicted molar refractivity (Wildman–Crippen MR) is 67.5 cm³/mol. The number of nitrogens with zero attached hydrogens (tertiary/aromatic N) is 2. The lowest BCUT2D eigenvalue weighted by atomic mass is 10.3. The molecule has 0 unspecified atom stereocenters. The minimum atomic E-state index is -0.343. The van der Waals surface area contributed by atoms with E-state index in [1.165, 1.54) is 12.4 Å². The Balaban J connectivity index is 1.97. The normalized spacial score (nSPS) is 10.7. The van der Waals surface area contributed by atoms with Crippen LogP contribution in [0.2, 0.25) is 5.15 Å². The fraction of sp³-hybridized carbons (Fsp3) is 0. The van der Waals surface area contributed by atoms with Gasteiger partial charge >= 0.3 is 4.94 Å². The molecule has 90 valence electrons. The topological polar surface area (TPSA) is 65.2 Å². The molecule has 3 rings (SSSR count). The van der Waals surface area contributed by atoms with Gasteiger partial charge in [-0.25, -0.2) is 4.79 Å². The molecule has 0 amide bonds. The highest BCUT2D eigenvalue weighted by molar-refractivity contribution is 7.16. The Bertz CT molecular complexity index is 768. The number of aromatic nitrogens is 2. The lowest BCUT2D eigenvalue weighted by Gasteiger charge is -2.03. The Morgan fingerprint density at radius 3 is 3.06 bits per heavy atom. The van der Waals surface area contributed by atoms with Crippen molar-refractivity contribution in [3.05, 3.63) is 45.5 Å². The lowest BCUT2D eigenvalue weighted by molar-refractivity contribution is 0.459. The molecule has 3 aromatic rings. The molecule has 0 aliphatic heterocycles. The van der Waals surface area contributed by atoms with E-state index >= 15 is 0 Å². The first-order chi connectivity index (χ1) is 8.70. The van der Waals surface area contributed by atoms with E-state index in [1.54, 1.807) is 18.2 Å². The molecular formula is C11H5ClN2O3S. The monoisotopic (exact) mass is 280 g/mol. The second kappa shape index (κ2) is 4.40. The van der Waals surface area contributed by atoms with Gasteiger partial charge < -0.3 is 9.15 Å². The quantitative estimate of drug-likeness (QED) is 0.722. The highest BCUT2D eigenvalue weighted by Crippen LogP contribution is 2.25. The Labute approximate surface area is 110 Å². The van der Waals surface area contributed by atoms with Crippen molar-refractivity contribution in [2.45, 2.75) is 0 Å². The van der Waals surface area contributed by atoms with Gasteiger partial charge in [-0.3, -0.25) is 4.98 Å². The maximum atomic E-state index is 11.1. The maximum Gasteiger partial charge on any atom is 0.396 e. The number of halogens is 1. The van der Waals surface area contributed by atoms with E-state index in [4.69, 9.17) is 20.8 Å². The molecule has 2 heterocycles. The zero-order valence-electron chi connectivity index (χ0n) is 8.79. The van der Waals surface area contributed by atoms with E-state index in [9.17, 15) is 4.79 Å². The van der Waals surface area contributed by atoms with Gasteiger partial charge in [0.05, 0.1) is 17.1 Å². The first-order valence-electron chi connectivity index (χ1n) is 4.90. The van der Waals surface area contributed by atoms with E-state index in [-0.39, 0.29) is 16.0 Å². The van der Waals surface area contributed by atoms with Gasteiger partial charge in [-0.2, -0.15) is 4.98 Å². The third-order valence-corrected chi connectivity index (χ3v) is 3.10. The van der Waals surface area contributed by atoms with Crippen LogP contribution in [0.25, 0.3) is 10.3 Å². The molecule has 2 aromatic heterocycles. The number of fused-ring (bicyclic) bond motifs is 1. The molecule has 0 N–H and O–H groups in total. The van der Waals surface area contributed by atoms with Crippen LogP contribution in [-0.2, 0) is 0 Å². The summed E-state index contributed by atoms with van der Waals surface area (Å²) >= 11 is 6.74. The van der Waals surface area contributed by atoms with Crippen LogP contribution in [0.1, 0.15) is 0 Å². The van der Waals surface area contributed by atoms with Crippen molar-refractivity contribution in [1.29, 1.82) is 0 Å². The highest BCUT2D eigenvalue weighted by Gasteiger charge is 2.05. The molecule has 0 radical (unpaired) electrons. The Kier molecular flexibility index (Phi) is 2.73. The lowest BCUT2D eigenvalue weighted by Crippen LogP contribution is -1.89. The van der Waals surface area contributed by atoms with Crippen LogP contribution in [0.5, 0.6) is 11.6 Å². The van der Waals surface area contributed by atoms with Gasteiger partial charge in [-0.05, 0) is 12.1 Å². The maximum absolute atomic E-state index is 11.1. The molecular weight excluding hydrogens is 276 g/mol. The second-order valence-electron chi connectivity index (χ2n) is 3.34. The van der Waals surface area contributed by atoms with Crippen LogP contribution in [-0.4, -0.2) is 9.97 Å². The van der Waals surface area contributed by atoms with Crippen LogP contribution < -0.4 is 9.68 Å². The van der Waals surface area contributed by atoms with E-state index in [2.05, 4.69) is 9.97 Å². The summed E-state index contributed by atoms with van der Waals surface area (Å²) in [5.41, 5.74) is 0.484. The molecule has 0 atom stereocenters. The SMILES string of the molecule is O=c1oc2cc(Oc3cncc(Cl)n3)ccc2s1. The van der Waals surface area contributed by atoms with E-state index in [0.717, 1.165) is 16.0 Å². The third-order valence-electron chi connectivity index (χ3n) is 2.11.